The van der Waals surface area contributed by atoms with Crippen molar-refractivity contribution in [3.8, 4) is 0 Å². The van der Waals surface area contributed by atoms with E-state index in [1.54, 1.807) is 20.3 Å². The summed E-state index contributed by atoms with van der Waals surface area (Å²) in [7, 11) is 3.21. The van der Waals surface area contributed by atoms with Crippen LogP contribution in [0.25, 0.3) is 0 Å². The van der Waals surface area contributed by atoms with Crippen molar-refractivity contribution in [2.75, 3.05) is 14.2 Å². The van der Waals surface area contributed by atoms with E-state index in [0.717, 1.165) is 0 Å². The minimum atomic E-state index is -0.159. The first-order valence-corrected chi connectivity index (χ1v) is 4.38. The lowest BCUT2D eigenvalue weighted by Crippen LogP contribution is -2.05. The molecule has 1 rings (SSSR count). The number of furan rings is 1. The minimum Gasteiger partial charge on any atom is -0.456 e. The first-order valence-electron chi connectivity index (χ1n) is 4.38. The molecule has 0 fully saturated rings. The van der Waals surface area contributed by atoms with Gasteiger partial charge in [0.1, 0.15) is 12.4 Å². The maximum absolute atomic E-state index is 9.96. The number of methoxy groups -OCH3 is 2. The SMILES string of the molecule is COC(C)OC.O=Cc1ccc(CO)o1. The van der Waals surface area contributed by atoms with E-state index < -0.39 is 0 Å². The molecule has 0 amide bonds. The highest BCUT2D eigenvalue weighted by Gasteiger charge is 1.96. The lowest BCUT2D eigenvalue weighted by molar-refractivity contribution is -0.0877. The average molecular weight is 216 g/mol. The Bertz CT molecular complexity index is 265. The van der Waals surface area contributed by atoms with E-state index in [9.17, 15) is 4.79 Å². The van der Waals surface area contributed by atoms with Gasteiger partial charge >= 0.3 is 0 Å². The summed E-state index contributed by atoms with van der Waals surface area (Å²) >= 11 is 0. The fourth-order valence-electron chi connectivity index (χ4n) is 0.639. The van der Waals surface area contributed by atoms with Crippen LogP contribution >= 0.6 is 0 Å². The van der Waals surface area contributed by atoms with Gasteiger partial charge in [0.2, 0.25) is 0 Å². The highest BCUT2D eigenvalue weighted by molar-refractivity contribution is 5.70. The topological polar surface area (TPSA) is 68.9 Å². The molecular formula is C10H16O5. The molecule has 0 saturated heterocycles. The van der Waals surface area contributed by atoms with Gasteiger partial charge in [-0.1, -0.05) is 0 Å². The second-order valence-corrected chi connectivity index (χ2v) is 2.62. The largest absolute Gasteiger partial charge is 0.456 e. The van der Waals surface area contributed by atoms with Crippen molar-refractivity contribution in [3.05, 3.63) is 23.7 Å². The van der Waals surface area contributed by atoms with Gasteiger partial charge in [-0.2, -0.15) is 0 Å². The minimum absolute atomic E-state index is 0.0648. The Morgan fingerprint density at radius 2 is 2.07 bits per heavy atom. The summed E-state index contributed by atoms with van der Waals surface area (Å²) in [6.45, 7) is 1.67. The molecule has 1 aromatic rings. The quantitative estimate of drug-likeness (QED) is 0.605. The molecule has 0 bridgehead atoms. The highest BCUT2D eigenvalue weighted by atomic mass is 16.7. The number of rotatable bonds is 4. The lowest BCUT2D eigenvalue weighted by Gasteiger charge is -2.03. The Hall–Kier alpha value is -1.17. The zero-order valence-corrected chi connectivity index (χ0v) is 9.10. The predicted molar refractivity (Wildman–Crippen MR) is 53.5 cm³/mol. The van der Waals surface area contributed by atoms with Crippen LogP contribution in [0.3, 0.4) is 0 Å². The number of aliphatic hydroxyl groups is 1. The van der Waals surface area contributed by atoms with E-state index in [2.05, 4.69) is 9.47 Å². The standard InChI is InChI=1S/C6H6O3.C4H10O2/c7-3-5-1-2-6(4-8)9-5;1-4(5-2)6-3/h1-3,8H,4H2;4H,1-3H3. The fourth-order valence-corrected chi connectivity index (χ4v) is 0.639. The van der Waals surface area contributed by atoms with Crippen LogP contribution in [0, 0.1) is 0 Å². The molecule has 5 heteroatoms. The molecule has 0 saturated carbocycles. The Balaban J connectivity index is 0.000000288. The van der Waals surface area contributed by atoms with Crippen molar-refractivity contribution in [2.45, 2.75) is 19.8 Å². The van der Waals surface area contributed by atoms with Crippen LogP contribution in [0.5, 0.6) is 0 Å². The molecule has 0 aliphatic rings. The maximum Gasteiger partial charge on any atom is 0.185 e. The molecule has 15 heavy (non-hydrogen) atoms. The molecule has 86 valence electrons. The monoisotopic (exact) mass is 216 g/mol. The van der Waals surface area contributed by atoms with Gasteiger partial charge in [-0.3, -0.25) is 4.79 Å². The van der Waals surface area contributed by atoms with E-state index in [1.165, 1.54) is 6.07 Å². The smallest absolute Gasteiger partial charge is 0.185 e. The van der Waals surface area contributed by atoms with Crippen molar-refractivity contribution in [1.82, 2.24) is 0 Å². The van der Waals surface area contributed by atoms with E-state index in [1.807, 2.05) is 6.92 Å². The van der Waals surface area contributed by atoms with Gasteiger partial charge in [0.15, 0.2) is 18.3 Å². The molecule has 1 heterocycles. The normalized spacial score (nSPS) is 9.67. The van der Waals surface area contributed by atoms with Gasteiger partial charge in [0.05, 0.1) is 0 Å². The van der Waals surface area contributed by atoms with Gasteiger partial charge in [-0.05, 0) is 19.1 Å². The van der Waals surface area contributed by atoms with Crippen LogP contribution in [0.1, 0.15) is 23.2 Å². The molecule has 0 aliphatic heterocycles. The van der Waals surface area contributed by atoms with E-state index in [-0.39, 0.29) is 18.7 Å². The van der Waals surface area contributed by atoms with Gasteiger partial charge in [0.25, 0.3) is 0 Å². The number of hydrogen-bond acceptors (Lipinski definition) is 5. The summed E-state index contributed by atoms with van der Waals surface area (Å²) in [4.78, 5) is 9.96. The van der Waals surface area contributed by atoms with Crippen LogP contribution in [0.2, 0.25) is 0 Å². The molecule has 1 aromatic heterocycles. The van der Waals surface area contributed by atoms with Crippen molar-refractivity contribution in [3.63, 3.8) is 0 Å². The molecule has 0 radical (unpaired) electrons. The van der Waals surface area contributed by atoms with Crippen LogP contribution < -0.4 is 0 Å². The van der Waals surface area contributed by atoms with E-state index >= 15 is 0 Å². The molecule has 5 nitrogen and oxygen atoms in total. The second kappa shape index (κ2) is 8.16. The third kappa shape index (κ3) is 6.01. The molecule has 0 spiro atoms. The number of aldehydes is 1. The molecule has 0 unspecified atom stereocenters. The van der Waals surface area contributed by atoms with Crippen molar-refractivity contribution in [1.29, 1.82) is 0 Å². The van der Waals surface area contributed by atoms with Gasteiger partial charge < -0.3 is 19.0 Å². The first-order chi connectivity index (χ1) is 7.17. The number of carbonyl (C=O) groups excluding carboxylic acids is 1. The highest BCUT2D eigenvalue weighted by Crippen LogP contribution is 2.03. The molecule has 0 atom stereocenters. The Morgan fingerprint density at radius 1 is 1.47 bits per heavy atom. The van der Waals surface area contributed by atoms with E-state index in [0.29, 0.717) is 12.0 Å². The summed E-state index contributed by atoms with van der Waals surface area (Å²) in [5, 5.41) is 8.44. The lowest BCUT2D eigenvalue weighted by atomic mass is 10.4. The van der Waals surface area contributed by atoms with Crippen LogP contribution in [-0.2, 0) is 16.1 Å². The fraction of sp³-hybridized carbons (Fsp3) is 0.500. The first kappa shape index (κ1) is 13.8. The Kier molecular flexibility index (Phi) is 7.53. The molecule has 0 aliphatic carbocycles. The third-order valence-corrected chi connectivity index (χ3v) is 1.62. The van der Waals surface area contributed by atoms with Gasteiger partial charge in [-0.15, -0.1) is 0 Å². The number of ether oxygens (including phenoxy) is 2. The van der Waals surface area contributed by atoms with Crippen LogP contribution in [-0.4, -0.2) is 31.9 Å². The summed E-state index contributed by atoms with van der Waals surface area (Å²) < 4.78 is 14.1. The predicted octanol–water partition coefficient (Wildman–Crippen LogP) is 1.21. The van der Waals surface area contributed by atoms with Crippen molar-refractivity contribution >= 4 is 6.29 Å². The third-order valence-electron chi connectivity index (χ3n) is 1.62. The second-order valence-electron chi connectivity index (χ2n) is 2.62. The Labute approximate surface area is 88.6 Å². The number of hydrogen-bond donors (Lipinski definition) is 1. The van der Waals surface area contributed by atoms with Gasteiger partial charge in [0, 0.05) is 14.2 Å². The number of aliphatic hydroxyl groups excluding tert-OH is 1. The van der Waals surface area contributed by atoms with E-state index in [4.69, 9.17) is 9.52 Å². The van der Waals surface area contributed by atoms with Crippen LogP contribution in [0.15, 0.2) is 16.5 Å². The number of carbonyl (C=O) groups is 1. The van der Waals surface area contributed by atoms with Crippen molar-refractivity contribution in [2.24, 2.45) is 0 Å². The zero-order chi connectivity index (χ0) is 11.7. The van der Waals surface area contributed by atoms with Gasteiger partial charge in [-0.25, -0.2) is 0 Å². The molecule has 1 N–H and O–H groups in total. The van der Waals surface area contributed by atoms with Crippen LogP contribution in [0.4, 0.5) is 0 Å². The maximum atomic E-state index is 9.96. The summed E-state index contributed by atoms with van der Waals surface area (Å²) in [5.41, 5.74) is 0. The average Bonchev–Trinajstić information content (AvgIpc) is 2.76. The van der Waals surface area contributed by atoms with Crippen molar-refractivity contribution < 1.29 is 23.8 Å². The molecule has 0 aromatic carbocycles. The zero-order valence-electron chi connectivity index (χ0n) is 9.10. The summed E-state index contributed by atoms with van der Waals surface area (Å²) in [5.74, 6) is 0.663. The molecular weight excluding hydrogens is 200 g/mol. The summed E-state index contributed by atoms with van der Waals surface area (Å²) in [6.07, 6.45) is 0.532. The summed E-state index contributed by atoms with van der Waals surface area (Å²) in [6, 6.07) is 3.07. The Morgan fingerprint density at radius 3 is 2.27 bits per heavy atom.